The Hall–Kier alpha value is -1.77. The largest absolute Gasteiger partial charge is 0.492 e. The van der Waals surface area contributed by atoms with Crippen molar-refractivity contribution in [1.82, 2.24) is 4.57 Å². The lowest BCUT2D eigenvalue weighted by Gasteiger charge is -2.19. The maximum atomic E-state index is 5.65. The van der Waals surface area contributed by atoms with Crippen molar-refractivity contribution in [1.29, 1.82) is 0 Å². The fraction of sp³-hybridized carbons (Fsp3) is 0.571. The second kappa shape index (κ2) is 7.00. The van der Waals surface area contributed by atoms with E-state index < -0.39 is 0 Å². The van der Waals surface area contributed by atoms with E-state index in [-0.39, 0.29) is 0 Å². The zero-order valence-electron chi connectivity index (χ0n) is 14.8. The molecule has 1 saturated carbocycles. The van der Waals surface area contributed by atoms with Crippen LogP contribution in [0.4, 0.5) is 0 Å². The predicted octanol–water partition coefficient (Wildman–Crippen LogP) is 4.55. The summed E-state index contributed by atoms with van der Waals surface area (Å²) in [4.78, 5) is 0. The molecule has 3 heteroatoms. The molecule has 1 aromatic carbocycles. The van der Waals surface area contributed by atoms with E-state index >= 15 is 0 Å². The molecule has 0 unspecified atom stereocenters. The van der Waals surface area contributed by atoms with Crippen molar-refractivity contribution >= 4 is 0 Å². The third-order valence-corrected chi connectivity index (χ3v) is 5.81. The van der Waals surface area contributed by atoms with Crippen LogP contribution < -0.4 is 9.30 Å². The highest BCUT2D eigenvalue weighted by molar-refractivity contribution is 5.40. The summed E-state index contributed by atoms with van der Waals surface area (Å²) < 4.78 is 10.7. The number of methoxy groups -OCH3 is 1. The van der Waals surface area contributed by atoms with Crippen molar-refractivity contribution < 1.29 is 9.30 Å². The van der Waals surface area contributed by atoms with Gasteiger partial charge in [-0.3, -0.25) is 0 Å². The summed E-state index contributed by atoms with van der Waals surface area (Å²) in [5.74, 6) is 3.18. The minimum atomic E-state index is 0.742. The number of ether oxygens (including phenoxy) is 1. The van der Waals surface area contributed by atoms with Crippen LogP contribution in [0.3, 0.4) is 0 Å². The SMILES string of the molecule is COc1ccccc1-[n+]1cc(C2CCCCC2)n2c1CCCCC2. The second-order valence-electron chi connectivity index (χ2n) is 7.31. The average Bonchev–Trinajstić information content (AvgIpc) is 2.83. The van der Waals surface area contributed by atoms with E-state index in [1.807, 2.05) is 0 Å². The molecule has 24 heavy (non-hydrogen) atoms. The summed E-state index contributed by atoms with van der Waals surface area (Å²) in [5.41, 5.74) is 2.75. The Labute approximate surface area is 145 Å². The summed E-state index contributed by atoms with van der Waals surface area (Å²) in [5, 5.41) is 0. The number of benzene rings is 1. The van der Waals surface area contributed by atoms with E-state index in [2.05, 4.69) is 39.6 Å². The van der Waals surface area contributed by atoms with Gasteiger partial charge in [-0.1, -0.05) is 31.4 Å². The van der Waals surface area contributed by atoms with Gasteiger partial charge in [-0.15, -0.1) is 0 Å². The van der Waals surface area contributed by atoms with Crippen LogP contribution in [0.2, 0.25) is 0 Å². The summed E-state index contributed by atoms with van der Waals surface area (Å²) in [6.07, 6.45) is 14.5. The van der Waals surface area contributed by atoms with E-state index in [1.165, 1.54) is 75.8 Å². The Kier molecular flexibility index (Phi) is 4.59. The number of para-hydroxylation sites is 2. The predicted molar refractivity (Wildman–Crippen MR) is 95.9 cm³/mol. The second-order valence-corrected chi connectivity index (χ2v) is 7.31. The Bertz CT molecular complexity index is 698. The number of nitrogens with zero attached hydrogens (tertiary/aromatic N) is 2. The van der Waals surface area contributed by atoms with Crippen molar-refractivity contribution in [2.75, 3.05) is 7.11 Å². The van der Waals surface area contributed by atoms with E-state index in [1.54, 1.807) is 12.8 Å². The number of rotatable bonds is 3. The summed E-state index contributed by atoms with van der Waals surface area (Å²) in [6, 6.07) is 8.43. The molecule has 0 atom stereocenters. The summed E-state index contributed by atoms with van der Waals surface area (Å²) in [7, 11) is 1.77. The molecule has 0 spiro atoms. The Morgan fingerprint density at radius 3 is 2.62 bits per heavy atom. The van der Waals surface area contributed by atoms with Crippen molar-refractivity contribution in [2.45, 2.75) is 70.3 Å². The molecule has 0 radical (unpaired) electrons. The van der Waals surface area contributed by atoms with Crippen molar-refractivity contribution in [3.05, 3.63) is 42.0 Å². The van der Waals surface area contributed by atoms with Gasteiger partial charge in [0, 0.05) is 12.3 Å². The molecule has 0 bridgehead atoms. The first-order valence-corrected chi connectivity index (χ1v) is 9.66. The van der Waals surface area contributed by atoms with Gasteiger partial charge in [-0.25, -0.2) is 4.57 Å². The van der Waals surface area contributed by atoms with Crippen molar-refractivity contribution in [2.24, 2.45) is 0 Å². The number of hydrogen-bond acceptors (Lipinski definition) is 1. The normalized spacial score (nSPS) is 18.9. The summed E-state index contributed by atoms with van der Waals surface area (Å²) in [6.45, 7) is 1.18. The van der Waals surface area contributed by atoms with Crippen LogP contribution >= 0.6 is 0 Å². The highest BCUT2D eigenvalue weighted by Gasteiger charge is 2.31. The lowest BCUT2D eigenvalue weighted by molar-refractivity contribution is -0.604. The first-order chi connectivity index (χ1) is 11.9. The van der Waals surface area contributed by atoms with Gasteiger partial charge in [0.1, 0.15) is 11.9 Å². The van der Waals surface area contributed by atoms with Gasteiger partial charge in [-0.05, 0) is 44.2 Å². The molecule has 0 N–H and O–H groups in total. The third kappa shape index (κ3) is 2.85. The fourth-order valence-electron chi connectivity index (χ4n) is 4.56. The van der Waals surface area contributed by atoms with Crippen LogP contribution in [0, 0.1) is 0 Å². The van der Waals surface area contributed by atoms with Gasteiger partial charge in [0.05, 0.1) is 13.7 Å². The molecule has 2 aromatic rings. The third-order valence-electron chi connectivity index (χ3n) is 5.81. The standard InChI is InChI=1S/C21H29N2O/c1-24-20-13-8-7-12-18(20)23-16-19(17-10-4-2-5-11-17)22-15-9-3-6-14-21(22)23/h7-8,12-13,16-17H,2-6,9-11,14-15H2,1H3/q+1. The molecule has 1 aliphatic heterocycles. The Morgan fingerprint density at radius 2 is 1.79 bits per heavy atom. The van der Waals surface area contributed by atoms with Gasteiger partial charge in [0.2, 0.25) is 0 Å². The Balaban J connectivity index is 1.83. The van der Waals surface area contributed by atoms with Crippen LogP contribution in [0.25, 0.3) is 5.69 Å². The zero-order chi connectivity index (χ0) is 16.4. The van der Waals surface area contributed by atoms with Gasteiger partial charge in [0.25, 0.3) is 5.82 Å². The minimum absolute atomic E-state index is 0.742. The topological polar surface area (TPSA) is 18.0 Å². The number of aromatic nitrogens is 2. The van der Waals surface area contributed by atoms with Crippen LogP contribution in [0.15, 0.2) is 30.5 Å². The summed E-state index contributed by atoms with van der Waals surface area (Å²) >= 11 is 0. The molecule has 1 aromatic heterocycles. The first-order valence-electron chi connectivity index (χ1n) is 9.66. The van der Waals surface area contributed by atoms with E-state index in [0.29, 0.717) is 0 Å². The van der Waals surface area contributed by atoms with Crippen molar-refractivity contribution in [3.63, 3.8) is 0 Å². The fourth-order valence-corrected chi connectivity index (χ4v) is 4.56. The molecule has 4 rings (SSSR count). The molecule has 2 heterocycles. The molecular weight excluding hydrogens is 296 g/mol. The lowest BCUT2D eigenvalue weighted by atomic mass is 9.87. The zero-order valence-corrected chi connectivity index (χ0v) is 14.8. The monoisotopic (exact) mass is 325 g/mol. The van der Waals surface area contributed by atoms with Crippen LogP contribution in [0.5, 0.6) is 5.75 Å². The minimum Gasteiger partial charge on any atom is -0.492 e. The maximum Gasteiger partial charge on any atom is 0.261 e. The van der Waals surface area contributed by atoms with Gasteiger partial charge < -0.3 is 4.74 Å². The number of hydrogen-bond donors (Lipinski definition) is 0. The maximum absolute atomic E-state index is 5.65. The van der Waals surface area contributed by atoms with E-state index in [9.17, 15) is 0 Å². The van der Waals surface area contributed by atoms with E-state index in [4.69, 9.17) is 4.74 Å². The molecule has 2 aliphatic rings. The molecule has 1 fully saturated rings. The highest BCUT2D eigenvalue weighted by atomic mass is 16.5. The van der Waals surface area contributed by atoms with Gasteiger partial charge in [-0.2, -0.15) is 4.57 Å². The van der Waals surface area contributed by atoms with E-state index in [0.717, 1.165) is 11.7 Å². The highest BCUT2D eigenvalue weighted by Crippen LogP contribution is 2.34. The van der Waals surface area contributed by atoms with Crippen LogP contribution in [-0.2, 0) is 13.0 Å². The lowest BCUT2D eigenvalue weighted by Crippen LogP contribution is -2.34. The van der Waals surface area contributed by atoms with Crippen LogP contribution in [-0.4, -0.2) is 11.7 Å². The molecular formula is C21H29N2O+. The molecule has 1 aliphatic carbocycles. The first kappa shape index (κ1) is 15.7. The number of imidazole rings is 1. The molecule has 0 saturated heterocycles. The molecule has 0 amide bonds. The number of fused-ring (bicyclic) bond motifs is 1. The van der Waals surface area contributed by atoms with Crippen LogP contribution in [0.1, 0.15) is 68.8 Å². The smallest absolute Gasteiger partial charge is 0.261 e. The van der Waals surface area contributed by atoms with Gasteiger partial charge in [0.15, 0.2) is 11.4 Å². The van der Waals surface area contributed by atoms with Gasteiger partial charge >= 0.3 is 0 Å². The average molecular weight is 325 g/mol. The quantitative estimate of drug-likeness (QED) is 0.757. The Morgan fingerprint density at radius 1 is 1.00 bits per heavy atom. The van der Waals surface area contributed by atoms with Crippen molar-refractivity contribution in [3.8, 4) is 11.4 Å². The molecule has 3 nitrogen and oxygen atoms in total. The molecule has 128 valence electrons.